The summed E-state index contributed by atoms with van der Waals surface area (Å²) in [5, 5.41) is 8.64. The Hall–Kier alpha value is -2.05. The van der Waals surface area contributed by atoms with Gasteiger partial charge in [0.25, 0.3) is 5.91 Å². The number of hydrogen-bond acceptors (Lipinski definition) is 4. The number of carbonyl (C=O) groups is 2. The minimum Gasteiger partial charge on any atom is -0.383 e. The highest BCUT2D eigenvalue weighted by Gasteiger charge is 2.19. The molecular formula is C10H15N5O2. The Morgan fingerprint density at radius 1 is 1.47 bits per heavy atom. The van der Waals surface area contributed by atoms with Crippen molar-refractivity contribution in [3.63, 3.8) is 0 Å². The maximum absolute atomic E-state index is 11.7. The summed E-state index contributed by atoms with van der Waals surface area (Å²) in [7, 11) is 0. The van der Waals surface area contributed by atoms with E-state index < -0.39 is 0 Å². The molecule has 0 saturated carbocycles. The maximum Gasteiger partial charge on any atom is 0.257 e. The van der Waals surface area contributed by atoms with Gasteiger partial charge in [-0.15, -0.1) is 0 Å². The van der Waals surface area contributed by atoms with Crippen LogP contribution in [0.5, 0.6) is 0 Å². The molecule has 17 heavy (non-hydrogen) atoms. The summed E-state index contributed by atoms with van der Waals surface area (Å²) in [6.45, 7) is 1.56. The molecule has 1 aliphatic rings. The molecule has 1 aliphatic heterocycles. The lowest BCUT2D eigenvalue weighted by atomic mass is 10.3. The van der Waals surface area contributed by atoms with Gasteiger partial charge in [-0.2, -0.15) is 5.10 Å². The van der Waals surface area contributed by atoms with Crippen LogP contribution in [0.15, 0.2) is 6.20 Å². The van der Waals surface area contributed by atoms with Crippen LogP contribution in [0.4, 0.5) is 5.82 Å². The van der Waals surface area contributed by atoms with E-state index in [1.807, 2.05) is 0 Å². The Bertz CT molecular complexity index is 422. The number of anilines is 1. The Kier molecular flexibility index (Phi) is 3.27. The summed E-state index contributed by atoms with van der Waals surface area (Å²) >= 11 is 0. The van der Waals surface area contributed by atoms with Gasteiger partial charge < -0.3 is 16.0 Å². The molecule has 1 saturated heterocycles. The number of H-pyrrole nitrogens is 1. The van der Waals surface area contributed by atoms with Crippen LogP contribution >= 0.6 is 0 Å². The second-order valence-electron chi connectivity index (χ2n) is 3.97. The molecule has 0 aromatic carbocycles. The summed E-state index contributed by atoms with van der Waals surface area (Å²) < 4.78 is 0. The van der Waals surface area contributed by atoms with Crippen molar-refractivity contribution in [2.45, 2.75) is 12.8 Å². The number of aromatic nitrogens is 2. The Labute approximate surface area is 98.4 Å². The van der Waals surface area contributed by atoms with Gasteiger partial charge in [0.2, 0.25) is 5.91 Å². The average molecular weight is 237 g/mol. The first-order valence-electron chi connectivity index (χ1n) is 5.53. The monoisotopic (exact) mass is 237 g/mol. The van der Waals surface area contributed by atoms with Gasteiger partial charge in [-0.1, -0.05) is 0 Å². The van der Waals surface area contributed by atoms with Crippen LogP contribution in [0, 0.1) is 0 Å². The number of rotatable bonds is 3. The molecule has 0 bridgehead atoms. The van der Waals surface area contributed by atoms with Crippen molar-refractivity contribution >= 4 is 17.6 Å². The van der Waals surface area contributed by atoms with Crippen molar-refractivity contribution in [1.82, 2.24) is 20.4 Å². The molecule has 0 unspecified atom stereocenters. The van der Waals surface area contributed by atoms with E-state index >= 15 is 0 Å². The standard InChI is InChI=1S/C10H15N5O2/c11-9-7(5-13-14-9)10(17)12-6-8(16)15-3-1-2-4-15/h5H,1-4,6H2,(H,12,17)(H3,11,13,14). The van der Waals surface area contributed by atoms with Crippen LogP contribution in [-0.4, -0.2) is 46.5 Å². The van der Waals surface area contributed by atoms with E-state index in [0.29, 0.717) is 0 Å². The summed E-state index contributed by atoms with van der Waals surface area (Å²) in [6, 6.07) is 0. The molecule has 2 heterocycles. The van der Waals surface area contributed by atoms with Crippen LogP contribution in [0.25, 0.3) is 0 Å². The first-order chi connectivity index (χ1) is 8.18. The van der Waals surface area contributed by atoms with Gasteiger partial charge in [-0.3, -0.25) is 14.7 Å². The molecule has 92 valence electrons. The molecule has 7 nitrogen and oxygen atoms in total. The Balaban J connectivity index is 1.84. The number of nitrogens with two attached hydrogens (primary N) is 1. The SMILES string of the molecule is Nc1[nH]ncc1C(=O)NCC(=O)N1CCCC1. The average Bonchev–Trinajstić information content (AvgIpc) is 2.95. The molecule has 2 rings (SSSR count). The lowest BCUT2D eigenvalue weighted by Gasteiger charge is -2.15. The number of aromatic amines is 1. The predicted molar refractivity (Wildman–Crippen MR) is 61.1 cm³/mol. The van der Waals surface area contributed by atoms with E-state index in [1.54, 1.807) is 4.90 Å². The van der Waals surface area contributed by atoms with Gasteiger partial charge in [-0.25, -0.2) is 0 Å². The van der Waals surface area contributed by atoms with Crippen LogP contribution in [0.2, 0.25) is 0 Å². The van der Waals surface area contributed by atoms with Crippen LogP contribution in [-0.2, 0) is 4.79 Å². The van der Waals surface area contributed by atoms with Gasteiger partial charge in [-0.05, 0) is 12.8 Å². The van der Waals surface area contributed by atoms with Crippen molar-refractivity contribution in [2.75, 3.05) is 25.4 Å². The smallest absolute Gasteiger partial charge is 0.257 e. The largest absolute Gasteiger partial charge is 0.383 e. The number of amides is 2. The number of nitrogen functional groups attached to an aromatic ring is 1. The first-order valence-corrected chi connectivity index (χ1v) is 5.53. The fourth-order valence-corrected chi connectivity index (χ4v) is 1.81. The fraction of sp³-hybridized carbons (Fsp3) is 0.500. The molecule has 7 heteroatoms. The molecule has 1 fully saturated rings. The van der Waals surface area contributed by atoms with Crippen molar-refractivity contribution < 1.29 is 9.59 Å². The highest BCUT2D eigenvalue weighted by Crippen LogP contribution is 2.07. The normalized spacial score (nSPS) is 14.9. The summed E-state index contributed by atoms with van der Waals surface area (Å²) in [6.07, 6.45) is 3.41. The molecule has 2 amide bonds. The number of nitrogens with one attached hydrogen (secondary N) is 2. The molecule has 0 spiro atoms. The summed E-state index contributed by atoms with van der Waals surface area (Å²) in [4.78, 5) is 25.0. The number of carbonyl (C=O) groups excluding carboxylic acids is 2. The summed E-state index contributed by atoms with van der Waals surface area (Å²) in [5.74, 6) is -0.238. The molecule has 0 aliphatic carbocycles. The van der Waals surface area contributed by atoms with E-state index in [4.69, 9.17) is 5.73 Å². The van der Waals surface area contributed by atoms with Gasteiger partial charge >= 0.3 is 0 Å². The minimum atomic E-state index is -0.385. The number of nitrogens with zero attached hydrogens (tertiary/aromatic N) is 2. The van der Waals surface area contributed by atoms with Crippen LogP contribution in [0.1, 0.15) is 23.2 Å². The van der Waals surface area contributed by atoms with E-state index in [0.717, 1.165) is 25.9 Å². The zero-order chi connectivity index (χ0) is 12.3. The second kappa shape index (κ2) is 4.86. The lowest BCUT2D eigenvalue weighted by molar-refractivity contribution is -0.129. The lowest BCUT2D eigenvalue weighted by Crippen LogP contribution is -2.38. The third-order valence-electron chi connectivity index (χ3n) is 2.77. The minimum absolute atomic E-state index is 0.00343. The van der Waals surface area contributed by atoms with Crippen LogP contribution in [0.3, 0.4) is 0 Å². The van der Waals surface area contributed by atoms with Gasteiger partial charge in [0, 0.05) is 13.1 Å². The van der Waals surface area contributed by atoms with Crippen LogP contribution < -0.4 is 11.1 Å². The summed E-state index contributed by atoms with van der Waals surface area (Å²) in [5.41, 5.74) is 5.76. The molecule has 1 aromatic rings. The quantitative estimate of drug-likeness (QED) is 0.649. The topological polar surface area (TPSA) is 104 Å². The van der Waals surface area contributed by atoms with E-state index in [-0.39, 0.29) is 29.7 Å². The third-order valence-corrected chi connectivity index (χ3v) is 2.77. The molecule has 1 aromatic heterocycles. The molecular weight excluding hydrogens is 222 g/mol. The zero-order valence-corrected chi connectivity index (χ0v) is 9.40. The first kappa shape index (κ1) is 11.4. The van der Waals surface area contributed by atoms with Gasteiger partial charge in [0.05, 0.1) is 12.7 Å². The molecule has 0 atom stereocenters. The van der Waals surface area contributed by atoms with Gasteiger partial charge in [0.1, 0.15) is 11.4 Å². The van der Waals surface area contributed by atoms with E-state index in [1.165, 1.54) is 6.20 Å². The number of likely N-dealkylation sites (tertiary alicyclic amines) is 1. The Morgan fingerprint density at radius 3 is 2.76 bits per heavy atom. The zero-order valence-electron chi connectivity index (χ0n) is 9.40. The Morgan fingerprint density at radius 2 is 2.18 bits per heavy atom. The van der Waals surface area contributed by atoms with Crippen molar-refractivity contribution in [3.05, 3.63) is 11.8 Å². The predicted octanol–water partition coefficient (Wildman–Crippen LogP) is -0.656. The molecule has 0 radical (unpaired) electrons. The van der Waals surface area contributed by atoms with Crippen molar-refractivity contribution in [2.24, 2.45) is 0 Å². The maximum atomic E-state index is 11.7. The molecule has 4 N–H and O–H groups in total. The number of hydrogen-bond donors (Lipinski definition) is 3. The van der Waals surface area contributed by atoms with E-state index in [2.05, 4.69) is 15.5 Å². The highest BCUT2D eigenvalue weighted by molar-refractivity contribution is 5.99. The fourth-order valence-electron chi connectivity index (χ4n) is 1.81. The highest BCUT2D eigenvalue weighted by atomic mass is 16.2. The van der Waals surface area contributed by atoms with Gasteiger partial charge in [0.15, 0.2) is 0 Å². The second-order valence-corrected chi connectivity index (χ2v) is 3.97. The van der Waals surface area contributed by atoms with Crippen molar-refractivity contribution in [3.8, 4) is 0 Å². The van der Waals surface area contributed by atoms with E-state index in [9.17, 15) is 9.59 Å². The van der Waals surface area contributed by atoms with Crippen molar-refractivity contribution in [1.29, 1.82) is 0 Å². The third kappa shape index (κ3) is 2.55.